The number of hydrogen-bond acceptors (Lipinski definition) is 3. The maximum Gasteiger partial charge on any atom is 0.192 e. The van der Waals surface area contributed by atoms with Crippen LogP contribution in [0.5, 0.6) is 0 Å². The van der Waals surface area contributed by atoms with Crippen LogP contribution in [0, 0.1) is 0 Å². The average molecular weight is 349 g/mol. The third-order valence-electron chi connectivity index (χ3n) is 3.96. The Bertz CT molecular complexity index is 780. The van der Waals surface area contributed by atoms with Gasteiger partial charge in [-0.05, 0) is 23.8 Å². The monoisotopic (exact) mass is 349 g/mol. The fourth-order valence-electron chi connectivity index (χ4n) is 2.68. The minimum absolute atomic E-state index is 0.0681. The van der Waals surface area contributed by atoms with E-state index in [0.29, 0.717) is 5.56 Å². The van der Waals surface area contributed by atoms with Crippen molar-refractivity contribution in [2.75, 3.05) is 6.54 Å². The molecule has 4 heteroatoms. The molecule has 25 heavy (non-hydrogen) atoms. The smallest absolute Gasteiger partial charge is 0.192 e. The van der Waals surface area contributed by atoms with Gasteiger partial charge in [-0.25, -0.2) is 0 Å². The summed E-state index contributed by atoms with van der Waals surface area (Å²) in [6.07, 6.45) is -1.14. The predicted octanol–water partition coefficient (Wildman–Crippen LogP) is 1.95. The SMILES string of the molecule is NCC(O)C(=O)c1ccc(P(c2ccccc2)c2ccccc2)cc1. The lowest BCUT2D eigenvalue weighted by Crippen LogP contribution is -2.29. The molecule has 0 saturated heterocycles. The number of carbonyl (C=O) groups is 1. The normalized spacial score (nSPS) is 12.1. The zero-order chi connectivity index (χ0) is 17.6. The van der Waals surface area contributed by atoms with E-state index in [1.165, 1.54) is 10.6 Å². The molecule has 0 aliphatic rings. The molecule has 3 rings (SSSR count). The van der Waals surface area contributed by atoms with E-state index in [1.807, 2.05) is 48.5 Å². The lowest BCUT2D eigenvalue weighted by molar-refractivity contribution is 0.0763. The Morgan fingerprint density at radius 3 is 1.68 bits per heavy atom. The molecule has 0 saturated carbocycles. The van der Waals surface area contributed by atoms with Crippen LogP contribution in [-0.2, 0) is 0 Å². The molecule has 0 radical (unpaired) electrons. The number of carbonyl (C=O) groups excluding carboxylic acids is 1. The Morgan fingerprint density at radius 1 is 0.800 bits per heavy atom. The number of rotatable bonds is 6. The van der Waals surface area contributed by atoms with Gasteiger partial charge in [0.2, 0.25) is 0 Å². The summed E-state index contributed by atoms with van der Waals surface area (Å²) in [5.41, 5.74) is 5.86. The van der Waals surface area contributed by atoms with Crippen molar-refractivity contribution < 1.29 is 9.90 Å². The molecule has 3 N–H and O–H groups in total. The second-order valence-corrected chi connectivity index (χ2v) is 7.89. The molecular weight excluding hydrogens is 329 g/mol. The zero-order valence-electron chi connectivity index (χ0n) is 13.7. The first-order valence-electron chi connectivity index (χ1n) is 8.13. The lowest BCUT2D eigenvalue weighted by atomic mass is 10.1. The summed E-state index contributed by atoms with van der Waals surface area (Å²) in [4.78, 5) is 12.1. The van der Waals surface area contributed by atoms with Crippen LogP contribution in [0.15, 0.2) is 84.9 Å². The molecule has 1 unspecified atom stereocenters. The number of benzene rings is 3. The summed E-state index contributed by atoms with van der Waals surface area (Å²) in [5.74, 6) is -0.335. The second-order valence-electron chi connectivity index (χ2n) is 5.67. The van der Waals surface area contributed by atoms with Gasteiger partial charge in [-0.1, -0.05) is 84.9 Å². The Hall–Kier alpha value is -2.32. The van der Waals surface area contributed by atoms with E-state index in [0.717, 1.165) is 5.30 Å². The van der Waals surface area contributed by atoms with Crippen molar-refractivity contribution in [1.82, 2.24) is 0 Å². The zero-order valence-corrected chi connectivity index (χ0v) is 14.6. The fourth-order valence-corrected chi connectivity index (χ4v) is 4.96. The van der Waals surface area contributed by atoms with Crippen molar-refractivity contribution >= 4 is 29.6 Å². The lowest BCUT2D eigenvalue weighted by Gasteiger charge is -2.19. The summed E-state index contributed by atoms with van der Waals surface area (Å²) in [5, 5.41) is 13.3. The van der Waals surface area contributed by atoms with Crippen LogP contribution >= 0.6 is 7.92 Å². The van der Waals surface area contributed by atoms with Crippen LogP contribution in [0.3, 0.4) is 0 Å². The summed E-state index contributed by atoms with van der Waals surface area (Å²) in [6.45, 7) is -0.0681. The quantitative estimate of drug-likeness (QED) is 0.528. The fraction of sp³-hybridized carbons (Fsp3) is 0.0952. The summed E-state index contributed by atoms with van der Waals surface area (Å²) in [7, 11) is -0.695. The molecule has 0 aromatic heterocycles. The number of nitrogens with two attached hydrogens (primary N) is 1. The molecule has 0 bridgehead atoms. The molecule has 0 aliphatic carbocycles. The Morgan fingerprint density at radius 2 is 1.24 bits per heavy atom. The van der Waals surface area contributed by atoms with Crippen LogP contribution in [0.4, 0.5) is 0 Å². The number of aliphatic hydroxyl groups is 1. The topological polar surface area (TPSA) is 63.3 Å². The van der Waals surface area contributed by atoms with E-state index in [1.54, 1.807) is 12.1 Å². The van der Waals surface area contributed by atoms with Gasteiger partial charge in [0.15, 0.2) is 5.78 Å². The molecule has 3 nitrogen and oxygen atoms in total. The molecule has 1 atom stereocenters. The van der Waals surface area contributed by atoms with Crippen molar-refractivity contribution in [3.8, 4) is 0 Å². The van der Waals surface area contributed by atoms with Gasteiger partial charge in [0, 0.05) is 12.1 Å². The molecule has 3 aromatic carbocycles. The van der Waals surface area contributed by atoms with E-state index < -0.39 is 14.0 Å². The first-order chi connectivity index (χ1) is 12.2. The number of hydrogen-bond donors (Lipinski definition) is 2. The van der Waals surface area contributed by atoms with Gasteiger partial charge < -0.3 is 10.8 Å². The van der Waals surface area contributed by atoms with Gasteiger partial charge in [-0.15, -0.1) is 0 Å². The molecular formula is C21H20NO2P. The van der Waals surface area contributed by atoms with Crippen LogP contribution in [0.1, 0.15) is 10.4 Å². The van der Waals surface area contributed by atoms with Crippen LogP contribution in [0.2, 0.25) is 0 Å². The molecule has 0 heterocycles. The molecule has 0 fully saturated rings. The van der Waals surface area contributed by atoms with Crippen LogP contribution < -0.4 is 21.6 Å². The van der Waals surface area contributed by atoms with Crippen molar-refractivity contribution in [2.45, 2.75) is 6.10 Å². The number of Topliss-reactive ketones (excluding diaryl/α,β-unsaturated/α-hetero) is 1. The highest BCUT2D eigenvalue weighted by Gasteiger charge is 2.18. The molecule has 0 amide bonds. The highest BCUT2D eigenvalue weighted by Crippen LogP contribution is 2.32. The number of ketones is 1. The summed E-state index contributed by atoms with van der Waals surface area (Å²) < 4.78 is 0. The van der Waals surface area contributed by atoms with E-state index >= 15 is 0 Å². The minimum atomic E-state index is -1.14. The standard InChI is InChI=1S/C21H20NO2P/c22-15-20(23)21(24)16-11-13-19(14-12-16)25(17-7-3-1-4-8-17)18-9-5-2-6-10-18/h1-14,20,23H,15,22H2. The highest BCUT2D eigenvalue weighted by atomic mass is 31.1. The average Bonchev–Trinajstić information content (AvgIpc) is 2.69. The van der Waals surface area contributed by atoms with Gasteiger partial charge in [-0.3, -0.25) is 4.79 Å². The van der Waals surface area contributed by atoms with Crippen molar-refractivity contribution in [3.05, 3.63) is 90.5 Å². The second kappa shape index (κ2) is 8.17. The predicted molar refractivity (Wildman–Crippen MR) is 105 cm³/mol. The third-order valence-corrected chi connectivity index (χ3v) is 6.41. The maximum atomic E-state index is 12.1. The maximum absolute atomic E-state index is 12.1. The van der Waals surface area contributed by atoms with E-state index in [9.17, 15) is 9.90 Å². The molecule has 0 aliphatic heterocycles. The van der Waals surface area contributed by atoms with E-state index in [2.05, 4.69) is 24.3 Å². The van der Waals surface area contributed by atoms with Gasteiger partial charge >= 0.3 is 0 Å². The Labute approximate surface area is 148 Å². The highest BCUT2D eigenvalue weighted by molar-refractivity contribution is 7.79. The van der Waals surface area contributed by atoms with Gasteiger partial charge in [0.05, 0.1) is 0 Å². The summed E-state index contributed by atoms with van der Waals surface area (Å²) >= 11 is 0. The van der Waals surface area contributed by atoms with Gasteiger partial charge in [0.1, 0.15) is 6.10 Å². The van der Waals surface area contributed by atoms with Crippen LogP contribution in [-0.4, -0.2) is 23.5 Å². The Balaban J connectivity index is 1.99. The van der Waals surface area contributed by atoms with Crippen molar-refractivity contribution in [3.63, 3.8) is 0 Å². The largest absolute Gasteiger partial charge is 0.384 e. The molecule has 3 aromatic rings. The molecule has 0 spiro atoms. The van der Waals surface area contributed by atoms with Gasteiger partial charge in [0.25, 0.3) is 0 Å². The first kappa shape index (κ1) is 17.5. The van der Waals surface area contributed by atoms with Gasteiger partial charge in [-0.2, -0.15) is 0 Å². The van der Waals surface area contributed by atoms with Crippen LogP contribution in [0.25, 0.3) is 0 Å². The van der Waals surface area contributed by atoms with Crippen molar-refractivity contribution in [1.29, 1.82) is 0 Å². The molecule has 126 valence electrons. The first-order valence-corrected chi connectivity index (χ1v) is 9.47. The summed E-state index contributed by atoms with van der Waals surface area (Å²) in [6, 6.07) is 28.2. The minimum Gasteiger partial charge on any atom is -0.384 e. The van der Waals surface area contributed by atoms with Crippen molar-refractivity contribution in [2.24, 2.45) is 5.73 Å². The Kier molecular flexibility index (Phi) is 5.72. The van der Waals surface area contributed by atoms with E-state index in [4.69, 9.17) is 5.73 Å². The van der Waals surface area contributed by atoms with E-state index in [-0.39, 0.29) is 12.3 Å². The third kappa shape index (κ3) is 4.02. The number of aliphatic hydroxyl groups excluding tert-OH is 1.